The molecule has 0 saturated carbocycles. The molecule has 1 unspecified atom stereocenters. The molecule has 1 aromatic carbocycles. The second-order valence-electron chi connectivity index (χ2n) is 4.62. The van der Waals surface area contributed by atoms with E-state index >= 15 is 0 Å². The minimum absolute atomic E-state index is 0.433. The van der Waals surface area contributed by atoms with E-state index in [9.17, 15) is 0 Å². The summed E-state index contributed by atoms with van der Waals surface area (Å²) in [7, 11) is 0. The van der Waals surface area contributed by atoms with Gasteiger partial charge in [0.25, 0.3) is 0 Å². The summed E-state index contributed by atoms with van der Waals surface area (Å²) < 4.78 is 2.16. The molecule has 1 atom stereocenters. The van der Waals surface area contributed by atoms with Gasteiger partial charge < -0.3 is 4.57 Å². The quantitative estimate of drug-likeness (QED) is 0.789. The zero-order valence-electron chi connectivity index (χ0n) is 10.1. The normalized spacial score (nSPS) is 19.0. The van der Waals surface area contributed by atoms with Crippen molar-refractivity contribution in [2.45, 2.75) is 38.6 Å². The van der Waals surface area contributed by atoms with Gasteiger partial charge in [0.1, 0.15) is 12.2 Å². The van der Waals surface area contributed by atoms with E-state index in [1.165, 1.54) is 30.4 Å². The van der Waals surface area contributed by atoms with E-state index in [1.54, 1.807) is 0 Å². The van der Waals surface area contributed by atoms with Crippen LogP contribution in [0.5, 0.6) is 0 Å². The number of fused-ring (bicyclic) bond motifs is 1. The first-order chi connectivity index (χ1) is 8.40. The fourth-order valence-corrected chi connectivity index (χ4v) is 2.80. The van der Waals surface area contributed by atoms with Gasteiger partial charge in [0.05, 0.1) is 0 Å². The van der Waals surface area contributed by atoms with Gasteiger partial charge in [0, 0.05) is 12.5 Å². The summed E-state index contributed by atoms with van der Waals surface area (Å²) in [6, 6.07) is 8.75. The highest BCUT2D eigenvalue weighted by molar-refractivity contribution is 5.36. The highest BCUT2D eigenvalue weighted by Gasteiger charge is 2.24. The fraction of sp³-hybridized carbons (Fsp3) is 0.429. The van der Waals surface area contributed by atoms with Crippen LogP contribution in [-0.4, -0.2) is 14.8 Å². The van der Waals surface area contributed by atoms with Gasteiger partial charge in [0.15, 0.2) is 0 Å². The summed E-state index contributed by atoms with van der Waals surface area (Å²) >= 11 is 0. The molecule has 1 aliphatic carbocycles. The van der Waals surface area contributed by atoms with E-state index in [2.05, 4.69) is 46.0 Å². The van der Waals surface area contributed by atoms with E-state index < -0.39 is 0 Å². The van der Waals surface area contributed by atoms with Crippen molar-refractivity contribution in [3.05, 3.63) is 47.5 Å². The third-order valence-electron chi connectivity index (χ3n) is 3.67. The van der Waals surface area contributed by atoms with E-state index in [4.69, 9.17) is 0 Å². The van der Waals surface area contributed by atoms with Crippen molar-refractivity contribution in [2.24, 2.45) is 0 Å². The summed E-state index contributed by atoms with van der Waals surface area (Å²) in [6.45, 7) is 3.09. The fourth-order valence-electron chi connectivity index (χ4n) is 2.80. The molecule has 0 saturated heterocycles. The topological polar surface area (TPSA) is 30.7 Å². The first-order valence-electron chi connectivity index (χ1n) is 6.35. The number of aromatic nitrogens is 3. The molecule has 17 heavy (non-hydrogen) atoms. The lowest BCUT2D eigenvalue weighted by Gasteiger charge is -2.24. The first kappa shape index (κ1) is 10.5. The van der Waals surface area contributed by atoms with Crippen LogP contribution in [0, 0.1) is 0 Å². The van der Waals surface area contributed by atoms with E-state index in [1.807, 2.05) is 6.33 Å². The largest absolute Gasteiger partial charge is 0.317 e. The van der Waals surface area contributed by atoms with Crippen LogP contribution in [0.4, 0.5) is 0 Å². The van der Waals surface area contributed by atoms with Crippen LogP contribution in [0.2, 0.25) is 0 Å². The summed E-state index contributed by atoms with van der Waals surface area (Å²) in [5, 5.41) is 8.38. The molecule has 3 rings (SSSR count). The molecule has 1 aliphatic rings. The van der Waals surface area contributed by atoms with Gasteiger partial charge in [-0.3, -0.25) is 0 Å². The highest BCUT2D eigenvalue weighted by Crippen LogP contribution is 2.35. The van der Waals surface area contributed by atoms with Gasteiger partial charge in [-0.2, -0.15) is 0 Å². The number of hydrogen-bond donors (Lipinski definition) is 0. The van der Waals surface area contributed by atoms with Gasteiger partial charge in [-0.05, 0) is 37.3 Å². The number of nitrogens with zero attached hydrogens (tertiary/aromatic N) is 3. The minimum atomic E-state index is 0.433. The van der Waals surface area contributed by atoms with Crippen molar-refractivity contribution in [1.82, 2.24) is 14.8 Å². The second-order valence-corrected chi connectivity index (χ2v) is 4.62. The monoisotopic (exact) mass is 227 g/mol. The molecular weight excluding hydrogens is 210 g/mol. The predicted molar refractivity (Wildman–Crippen MR) is 66.9 cm³/mol. The third kappa shape index (κ3) is 1.75. The van der Waals surface area contributed by atoms with Crippen LogP contribution in [0.3, 0.4) is 0 Å². The number of rotatable bonds is 2. The lowest BCUT2D eigenvalue weighted by molar-refractivity contribution is 0.557. The van der Waals surface area contributed by atoms with Crippen LogP contribution >= 0.6 is 0 Å². The second kappa shape index (κ2) is 4.32. The molecular formula is C14H17N3. The Morgan fingerprint density at radius 1 is 1.35 bits per heavy atom. The minimum Gasteiger partial charge on any atom is -0.317 e. The lowest BCUT2D eigenvalue weighted by Crippen LogP contribution is -2.15. The zero-order chi connectivity index (χ0) is 11.7. The van der Waals surface area contributed by atoms with Crippen LogP contribution in [0.25, 0.3) is 0 Å². The van der Waals surface area contributed by atoms with Crippen molar-refractivity contribution >= 4 is 0 Å². The lowest BCUT2D eigenvalue weighted by atomic mass is 9.82. The summed E-state index contributed by atoms with van der Waals surface area (Å²) in [5.41, 5.74) is 2.93. The molecule has 0 spiro atoms. The average molecular weight is 227 g/mol. The molecule has 1 heterocycles. The third-order valence-corrected chi connectivity index (χ3v) is 3.67. The van der Waals surface area contributed by atoms with Gasteiger partial charge in [-0.15, -0.1) is 10.2 Å². The van der Waals surface area contributed by atoms with Gasteiger partial charge >= 0.3 is 0 Å². The summed E-state index contributed by atoms with van der Waals surface area (Å²) in [6.07, 6.45) is 5.48. The van der Waals surface area contributed by atoms with Gasteiger partial charge in [0.2, 0.25) is 0 Å². The Morgan fingerprint density at radius 3 is 3.12 bits per heavy atom. The van der Waals surface area contributed by atoms with Crippen molar-refractivity contribution in [1.29, 1.82) is 0 Å². The van der Waals surface area contributed by atoms with Crippen LogP contribution in [0.15, 0.2) is 30.6 Å². The Hall–Kier alpha value is -1.64. The molecule has 0 bridgehead atoms. The highest BCUT2D eigenvalue weighted by atomic mass is 15.3. The SMILES string of the molecule is CCn1cnnc1C1CCCc2ccccc21. The smallest absolute Gasteiger partial charge is 0.140 e. The van der Waals surface area contributed by atoms with Crippen molar-refractivity contribution in [2.75, 3.05) is 0 Å². The molecule has 1 aromatic heterocycles. The Balaban J connectivity index is 2.06. The first-order valence-corrected chi connectivity index (χ1v) is 6.35. The molecule has 0 fully saturated rings. The van der Waals surface area contributed by atoms with Crippen LogP contribution in [0.1, 0.15) is 42.6 Å². The molecule has 0 amide bonds. The molecule has 3 heteroatoms. The standard InChI is InChI=1S/C14H17N3/c1-2-17-10-15-16-14(17)13-9-5-7-11-6-3-4-8-12(11)13/h3-4,6,8,10,13H,2,5,7,9H2,1H3. The zero-order valence-corrected chi connectivity index (χ0v) is 10.1. The molecule has 0 radical (unpaired) electrons. The number of hydrogen-bond acceptors (Lipinski definition) is 2. The average Bonchev–Trinajstić information content (AvgIpc) is 2.86. The van der Waals surface area contributed by atoms with Crippen molar-refractivity contribution in [3.63, 3.8) is 0 Å². The number of aryl methyl sites for hydroxylation is 2. The number of benzene rings is 1. The molecule has 0 N–H and O–H groups in total. The Bertz CT molecular complexity index is 516. The molecule has 88 valence electrons. The predicted octanol–water partition coefficient (Wildman–Crippen LogP) is 2.77. The molecule has 2 aromatic rings. The molecule has 3 nitrogen and oxygen atoms in total. The Morgan fingerprint density at radius 2 is 2.24 bits per heavy atom. The maximum absolute atomic E-state index is 4.32. The Kier molecular flexibility index (Phi) is 2.67. The van der Waals surface area contributed by atoms with E-state index in [0.717, 1.165) is 12.4 Å². The summed E-state index contributed by atoms with van der Waals surface area (Å²) in [4.78, 5) is 0. The van der Waals surface area contributed by atoms with Crippen molar-refractivity contribution < 1.29 is 0 Å². The van der Waals surface area contributed by atoms with E-state index in [-0.39, 0.29) is 0 Å². The maximum atomic E-state index is 4.32. The van der Waals surface area contributed by atoms with Gasteiger partial charge in [-0.25, -0.2) is 0 Å². The summed E-state index contributed by atoms with van der Waals surface area (Å²) in [5.74, 6) is 1.56. The van der Waals surface area contributed by atoms with Gasteiger partial charge in [-0.1, -0.05) is 24.3 Å². The maximum Gasteiger partial charge on any atom is 0.140 e. The van der Waals surface area contributed by atoms with Crippen LogP contribution in [-0.2, 0) is 13.0 Å². The van der Waals surface area contributed by atoms with Crippen molar-refractivity contribution in [3.8, 4) is 0 Å². The molecule has 0 aliphatic heterocycles. The van der Waals surface area contributed by atoms with E-state index in [0.29, 0.717) is 5.92 Å². The van der Waals surface area contributed by atoms with Crippen LogP contribution < -0.4 is 0 Å². The Labute approximate surface area is 101 Å².